The van der Waals surface area contributed by atoms with Crippen LogP contribution >= 0.6 is 0 Å². The molecule has 1 amide bonds. The van der Waals surface area contributed by atoms with Crippen LogP contribution in [0.4, 0.5) is 0 Å². The minimum atomic E-state index is -0.0613. The van der Waals surface area contributed by atoms with Crippen molar-refractivity contribution in [1.82, 2.24) is 16.0 Å². The fourth-order valence-corrected chi connectivity index (χ4v) is 2.56. The molecule has 6 nitrogen and oxygen atoms in total. The number of carbonyl (C=O) groups excluding carboxylic acids is 1. The standard InChI is InChI=1S/C21H28N4O2/c1-3-22-21(24-15-18-11-7-8-12-19(18)27-2)25-16-20(26)23-14-13-17-9-5-4-6-10-17/h4-12H,3,13-16H2,1-2H3,(H,23,26)(H2,22,24,25). The van der Waals surface area contributed by atoms with Gasteiger partial charge in [-0.15, -0.1) is 0 Å². The van der Waals surface area contributed by atoms with Gasteiger partial charge in [0.05, 0.1) is 20.2 Å². The lowest BCUT2D eigenvalue weighted by molar-refractivity contribution is -0.119. The molecule has 6 heteroatoms. The van der Waals surface area contributed by atoms with E-state index in [-0.39, 0.29) is 12.5 Å². The van der Waals surface area contributed by atoms with Gasteiger partial charge in [-0.05, 0) is 25.0 Å². The van der Waals surface area contributed by atoms with Gasteiger partial charge in [-0.1, -0.05) is 48.5 Å². The fraction of sp³-hybridized carbons (Fsp3) is 0.333. The van der Waals surface area contributed by atoms with Crippen LogP contribution < -0.4 is 20.7 Å². The number of methoxy groups -OCH3 is 1. The van der Waals surface area contributed by atoms with Crippen LogP contribution in [0.15, 0.2) is 59.6 Å². The summed E-state index contributed by atoms with van der Waals surface area (Å²) in [5.41, 5.74) is 2.20. The smallest absolute Gasteiger partial charge is 0.239 e. The van der Waals surface area contributed by atoms with Crippen LogP contribution in [0.1, 0.15) is 18.1 Å². The molecule has 0 spiro atoms. The van der Waals surface area contributed by atoms with Gasteiger partial charge in [-0.2, -0.15) is 0 Å². The third kappa shape index (κ3) is 7.40. The molecule has 27 heavy (non-hydrogen) atoms. The first-order valence-electron chi connectivity index (χ1n) is 9.17. The molecule has 2 aromatic carbocycles. The van der Waals surface area contributed by atoms with E-state index in [4.69, 9.17) is 4.74 Å². The summed E-state index contributed by atoms with van der Waals surface area (Å²) in [6, 6.07) is 17.9. The summed E-state index contributed by atoms with van der Waals surface area (Å²) >= 11 is 0. The minimum absolute atomic E-state index is 0.0613. The molecule has 0 aliphatic rings. The summed E-state index contributed by atoms with van der Waals surface area (Å²) in [4.78, 5) is 16.6. The molecule has 2 aromatic rings. The number of para-hydroxylation sites is 1. The Hall–Kier alpha value is -3.02. The number of benzene rings is 2. The van der Waals surface area contributed by atoms with Crippen molar-refractivity contribution < 1.29 is 9.53 Å². The summed E-state index contributed by atoms with van der Waals surface area (Å²) in [6.07, 6.45) is 0.814. The molecule has 0 unspecified atom stereocenters. The zero-order chi connectivity index (χ0) is 19.3. The van der Waals surface area contributed by atoms with E-state index < -0.39 is 0 Å². The minimum Gasteiger partial charge on any atom is -0.496 e. The largest absolute Gasteiger partial charge is 0.496 e. The van der Waals surface area contributed by atoms with Gasteiger partial charge < -0.3 is 20.7 Å². The van der Waals surface area contributed by atoms with E-state index >= 15 is 0 Å². The molecule has 0 atom stereocenters. The van der Waals surface area contributed by atoms with Gasteiger partial charge >= 0.3 is 0 Å². The van der Waals surface area contributed by atoms with Crippen molar-refractivity contribution >= 4 is 11.9 Å². The maximum atomic E-state index is 12.0. The number of rotatable bonds is 9. The van der Waals surface area contributed by atoms with Crippen molar-refractivity contribution in [2.75, 3.05) is 26.7 Å². The maximum absolute atomic E-state index is 12.0. The Morgan fingerprint density at radius 1 is 1.00 bits per heavy atom. The molecular weight excluding hydrogens is 340 g/mol. The molecule has 0 bridgehead atoms. The van der Waals surface area contributed by atoms with Gasteiger partial charge in [-0.25, -0.2) is 4.99 Å². The van der Waals surface area contributed by atoms with Gasteiger partial charge in [0, 0.05) is 18.7 Å². The molecule has 0 saturated heterocycles. The van der Waals surface area contributed by atoms with Gasteiger partial charge in [0.2, 0.25) is 5.91 Å². The molecular formula is C21H28N4O2. The average Bonchev–Trinajstić information content (AvgIpc) is 2.71. The maximum Gasteiger partial charge on any atom is 0.239 e. The van der Waals surface area contributed by atoms with Crippen molar-refractivity contribution in [3.63, 3.8) is 0 Å². The second-order valence-electron chi connectivity index (χ2n) is 5.95. The van der Waals surface area contributed by atoms with Crippen molar-refractivity contribution in [2.24, 2.45) is 4.99 Å². The number of hydrogen-bond acceptors (Lipinski definition) is 3. The first-order chi connectivity index (χ1) is 13.2. The van der Waals surface area contributed by atoms with Crippen molar-refractivity contribution in [3.05, 3.63) is 65.7 Å². The van der Waals surface area contributed by atoms with E-state index in [1.54, 1.807) is 7.11 Å². The second kappa shape index (κ2) is 11.6. The lowest BCUT2D eigenvalue weighted by atomic mass is 10.1. The van der Waals surface area contributed by atoms with E-state index in [0.717, 1.165) is 17.7 Å². The van der Waals surface area contributed by atoms with Gasteiger partial charge in [-0.3, -0.25) is 4.79 Å². The van der Waals surface area contributed by atoms with Crippen LogP contribution in [-0.4, -0.2) is 38.6 Å². The number of aliphatic imine (C=N–C) groups is 1. The second-order valence-corrected chi connectivity index (χ2v) is 5.95. The highest BCUT2D eigenvalue weighted by Crippen LogP contribution is 2.17. The summed E-state index contributed by atoms with van der Waals surface area (Å²) in [5.74, 6) is 1.34. The Morgan fingerprint density at radius 2 is 1.74 bits per heavy atom. The predicted octanol–water partition coefficient (Wildman–Crippen LogP) is 2.11. The van der Waals surface area contributed by atoms with Gasteiger partial charge in [0.25, 0.3) is 0 Å². The Labute approximate surface area is 161 Å². The highest BCUT2D eigenvalue weighted by Gasteiger charge is 2.05. The topological polar surface area (TPSA) is 74.8 Å². The van der Waals surface area contributed by atoms with Crippen LogP contribution in [0.3, 0.4) is 0 Å². The number of nitrogens with one attached hydrogen (secondary N) is 3. The SMILES string of the molecule is CCNC(=NCc1ccccc1OC)NCC(=O)NCCc1ccccc1. The number of guanidine groups is 1. The third-order valence-corrected chi connectivity index (χ3v) is 3.94. The number of nitrogens with zero attached hydrogens (tertiary/aromatic N) is 1. The molecule has 2 rings (SSSR count). The highest BCUT2D eigenvalue weighted by atomic mass is 16.5. The summed E-state index contributed by atoms with van der Waals surface area (Å²) in [6.45, 7) is 3.95. The number of carbonyl (C=O) groups is 1. The zero-order valence-electron chi connectivity index (χ0n) is 16.0. The highest BCUT2D eigenvalue weighted by molar-refractivity contribution is 5.86. The monoisotopic (exact) mass is 368 g/mol. The molecule has 0 radical (unpaired) electrons. The lowest BCUT2D eigenvalue weighted by Crippen LogP contribution is -2.43. The first kappa shape index (κ1) is 20.3. The van der Waals surface area contributed by atoms with Gasteiger partial charge in [0.1, 0.15) is 5.75 Å². The quantitative estimate of drug-likeness (QED) is 0.468. The molecule has 3 N–H and O–H groups in total. The molecule has 0 saturated carbocycles. The average molecular weight is 368 g/mol. The van der Waals surface area contributed by atoms with E-state index in [9.17, 15) is 4.79 Å². The van der Waals surface area contributed by atoms with Crippen LogP contribution in [-0.2, 0) is 17.8 Å². The van der Waals surface area contributed by atoms with E-state index in [1.165, 1.54) is 5.56 Å². The number of hydrogen-bond donors (Lipinski definition) is 3. The molecule has 0 heterocycles. The van der Waals surface area contributed by atoms with E-state index in [2.05, 4.69) is 33.1 Å². The zero-order valence-corrected chi connectivity index (χ0v) is 16.0. The van der Waals surface area contributed by atoms with Gasteiger partial charge in [0.15, 0.2) is 5.96 Å². The van der Waals surface area contributed by atoms with Crippen molar-refractivity contribution in [2.45, 2.75) is 19.9 Å². The first-order valence-corrected chi connectivity index (χ1v) is 9.17. The molecule has 0 aliphatic carbocycles. The van der Waals surface area contributed by atoms with Crippen molar-refractivity contribution in [3.8, 4) is 5.75 Å². The predicted molar refractivity (Wildman–Crippen MR) is 109 cm³/mol. The van der Waals surface area contributed by atoms with Crippen LogP contribution in [0, 0.1) is 0 Å². The molecule has 0 aromatic heterocycles. The molecule has 0 fully saturated rings. The lowest BCUT2D eigenvalue weighted by Gasteiger charge is -2.12. The van der Waals surface area contributed by atoms with Crippen LogP contribution in [0.25, 0.3) is 0 Å². The Morgan fingerprint density at radius 3 is 2.48 bits per heavy atom. The van der Waals surface area contributed by atoms with E-state index in [1.807, 2.05) is 49.4 Å². The summed E-state index contributed by atoms with van der Waals surface area (Å²) < 4.78 is 5.34. The summed E-state index contributed by atoms with van der Waals surface area (Å²) in [7, 11) is 1.64. The number of ether oxygens (including phenoxy) is 1. The number of amides is 1. The molecule has 0 aliphatic heterocycles. The fourth-order valence-electron chi connectivity index (χ4n) is 2.56. The van der Waals surface area contributed by atoms with E-state index in [0.29, 0.717) is 25.6 Å². The van der Waals surface area contributed by atoms with Crippen molar-refractivity contribution in [1.29, 1.82) is 0 Å². The van der Waals surface area contributed by atoms with Crippen LogP contribution in [0.2, 0.25) is 0 Å². The normalized spacial score (nSPS) is 11.0. The Balaban J connectivity index is 1.79. The Kier molecular flexibility index (Phi) is 8.69. The summed E-state index contributed by atoms with van der Waals surface area (Å²) in [5, 5.41) is 9.13. The third-order valence-electron chi connectivity index (χ3n) is 3.94. The molecule has 144 valence electrons. The Bertz CT molecular complexity index is 732. The van der Waals surface area contributed by atoms with Crippen LogP contribution in [0.5, 0.6) is 5.75 Å².